The predicted molar refractivity (Wildman–Crippen MR) is 241 cm³/mol. The van der Waals surface area contributed by atoms with Gasteiger partial charge in [0.15, 0.2) is 5.96 Å². The molecule has 25 nitrogen and oxygen atoms in total. The summed E-state index contributed by atoms with van der Waals surface area (Å²) in [5.41, 5.74) is 27.0. The van der Waals surface area contributed by atoms with Gasteiger partial charge in [-0.2, -0.15) is 12.6 Å². The van der Waals surface area contributed by atoms with Crippen LogP contribution in [-0.4, -0.2) is 155 Å². The lowest BCUT2D eigenvalue weighted by Gasteiger charge is -2.30. The molecule has 1 heterocycles. The normalized spacial score (nSPS) is 16.6. The largest absolute Gasteiger partial charge is 0.480 e. The molecule has 0 spiro atoms. The maximum Gasteiger partial charge on any atom is 0.326 e. The number of carboxylic acid groups (broad SMARTS) is 1. The molecular formula is C39H70N14O11S. The number of nitrogens with two attached hydrogens (primary N) is 5. The van der Waals surface area contributed by atoms with Crippen LogP contribution in [0.3, 0.4) is 0 Å². The lowest BCUT2D eigenvalue weighted by molar-refractivity contribution is -0.143. The van der Waals surface area contributed by atoms with E-state index < -0.39 is 132 Å². The minimum atomic E-state index is -1.58. The lowest BCUT2D eigenvalue weighted by Crippen LogP contribution is -2.61. The Morgan fingerprint density at radius 3 is 1.74 bits per heavy atom. The number of guanidine groups is 1. The number of hydrogen-bond acceptors (Lipinski definition) is 14. The van der Waals surface area contributed by atoms with Crippen LogP contribution < -0.4 is 65.9 Å². The van der Waals surface area contributed by atoms with Gasteiger partial charge in [0.25, 0.3) is 0 Å². The van der Waals surface area contributed by atoms with Gasteiger partial charge in [-0.15, -0.1) is 0 Å². The summed E-state index contributed by atoms with van der Waals surface area (Å²) in [5.74, 6) is -9.89. The first kappa shape index (κ1) is 57.3. The average molecular weight is 943 g/mol. The van der Waals surface area contributed by atoms with Gasteiger partial charge in [0.2, 0.25) is 53.2 Å². The number of unbranched alkanes of at least 4 members (excludes halogenated alkanes) is 1. The van der Waals surface area contributed by atoms with Gasteiger partial charge in [0.1, 0.15) is 48.3 Å². The summed E-state index contributed by atoms with van der Waals surface area (Å²) in [7, 11) is 0. The van der Waals surface area contributed by atoms with Crippen LogP contribution in [0.15, 0.2) is 4.99 Å². The monoisotopic (exact) mass is 943 g/mol. The van der Waals surface area contributed by atoms with Crippen molar-refractivity contribution in [3.05, 3.63) is 0 Å². The van der Waals surface area contributed by atoms with Crippen molar-refractivity contribution in [2.75, 3.05) is 31.9 Å². The molecule has 9 amide bonds. The van der Waals surface area contributed by atoms with Crippen LogP contribution in [-0.2, 0) is 47.9 Å². The quantitative estimate of drug-likeness (QED) is 0.0144. The number of carboxylic acids is 1. The summed E-state index contributed by atoms with van der Waals surface area (Å²) in [6.07, 6.45) is 1.27. The van der Waals surface area contributed by atoms with Crippen molar-refractivity contribution in [3.63, 3.8) is 0 Å². The highest BCUT2D eigenvalue weighted by molar-refractivity contribution is 7.80. The van der Waals surface area contributed by atoms with Crippen molar-refractivity contribution in [2.24, 2.45) is 45.5 Å². The van der Waals surface area contributed by atoms with Crippen LogP contribution in [0.4, 0.5) is 0 Å². The Kier molecular flexibility index (Phi) is 25.5. The van der Waals surface area contributed by atoms with Gasteiger partial charge in [-0.1, -0.05) is 27.7 Å². The molecule has 0 aromatic heterocycles. The number of carbonyl (C=O) groups is 10. The molecule has 0 aromatic carbocycles. The second kappa shape index (κ2) is 28.9. The number of hydrogen-bond donors (Lipinski definition) is 14. The molecule has 1 aliphatic heterocycles. The van der Waals surface area contributed by atoms with E-state index in [0.717, 1.165) is 4.90 Å². The van der Waals surface area contributed by atoms with E-state index in [1.807, 2.05) is 0 Å². The summed E-state index contributed by atoms with van der Waals surface area (Å²) in [6, 6.07) is -10.1. The number of carbonyl (C=O) groups excluding carboxylic acids is 9. The topological polar surface area (TPSA) is 421 Å². The first-order valence-corrected chi connectivity index (χ1v) is 22.1. The van der Waals surface area contributed by atoms with E-state index in [4.69, 9.17) is 28.7 Å². The number of rotatable bonds is 29. The van der Waals surface area contributed by atoms with E-state index >= 15 is 0 Å². The number of aliphatic carboxylic acids is 1. The lowest BCUT2D eigenvalue weighted by atomic mass is 10.0. The minimum Gasteiger partial charge on any atom is -0.480 e. The van der Waals surface area contributed by atoms with Crippen molar-refractivity contribution in [2.45, 2.75) is 134 Å². The Morgan fingerprint density at radius 2 is 1.23 bits per heavy atom. The highest BCUT2D eigenvalue weighted by atomic mass is 32.1. The standard InChI is InChI=1S/C39H70N14O11S/c1-19(2)29(51-32(57)22(47-28(55)17-41)11-8-14-45-39(43)44)35(60)46-21(5)31(56)49-24(16-27(42)54)37(62)53-15-9-12-26(53)34(59)50-25(18-65)33(58)52-30(20(3)4)36(61)48-23(38(63)64)10-6-7-13-40/h19-26,29-30,65H,6-18,40-41H2,1-5H3,(H2,42,54)(H,46,60)(H,47,55)(H,48,61)(H,49,56)(H,50,59)(H,51,57)(H,52,58)(H,63,64)(H4,43,44,45)/t21-,22-,23-,24-,25-,26-,29-,30-/m0/s1. The molecule has 0 bridgehead atoms. The fourth-order valence-corrected chi connectivity index (χ4v) is 6.90. The first-order chi connectivity index (χ1) is 30.5. The fourth-order valence-electron chi connectivity index (χ4n) is 6.65. The van der Waals surface area contributed by atoms with E-state index in [9.17, 15) is 53.1 Å². The van der Waals surface area contributed by atoms with Gasteiger partial charge in [0, 0.05) is 18.8 Å². The summed E-state index contributed by atoms with van der Waals surface area (Å²) < 4.78 is 0. The zero-order chi connectivity index (χ0) is 49.6. The molecule has 0 unspecified atom stereocenters. The highest BCUT2D eigenvalue weighted by Crippen LogP contribution is 2.20. The van der Waals surface area contributed by atoms with Crippen LogP contribution in [0, 0.1) is 11.8 Å². The zero-order valence-corrected chi connectivity index (χ0v) is 38.6. The number of amides is 9. The van der Waals surface area contributed by atoms with E-state index in [1.165, 1.54) is 6.92 Å². The zero-order valence-electron chi connectivity index (χ0n) is 37.7. The van der Waals surface area contributed by atoms with Crippen molar-refractivity contribution in [3.8, 4) is 0 Å². The fraction of sp³-hybridized carbons (Fsp3) is 0.718. The van der Waals surface area contributed by atoms with Gasteiger partial charge in [-0.25, -0.2) is 4.79 Å². The van der Waals surface area contributed by atoms with Crippen molar-refractivity contribution >= 4 is 77.7 Å². The molecule has 0 saturated carbocycles. The van der Waals surface area contributed by atoms with Gasteiger partial charge in [-0.3, -0.25) is 48.1 Å². The molecule has 65 heavy (non-hydrogen) atoms. The number of nitrogens with zero attached hydrogens (tertiary/aromatic N) is 2. The van der Waals surface area contributed by atoms with Gasteiger partial charge < -0.3 is 75.9 Å². The summed E-state index contributed by atoms with van der Waals surface area (Å²) in [5, 5.41) is 27.1. The van der Waals surface area contributed by atoms with E-state index in [1.54, 1.807) is 27.7 Å². The molecule has 8 atom stereocenters. The molecule has 18 N–H and O–H groups in total. The maximum absolute atomic E-state index is 13.9. The molecule has 0 radical (unpaired) electrons. The summed E-state index contributed by atoms with van der Waals surface area (Å²) in [4.78, 5) is 135. The average Bonchev–Trinajstić information content (AvgIpc) is 3.73. The predicted octanol–water partition coefficient (Wildman–Crippen LogP) is -5.27. The summed E-state index contributed by atoms with van der Waals surface area (Å²) >= 11 is 4.20. The molecule has 26 heteroatoms. The second-order valence-electron chi connectivity index (χ2n) is 16.3. The number of thiol groups is 1. The van der Waals surface area contributed by atoms with Crippen LogP contribution in [0.2, 0.25) is 0 Å². The Hall–Kier alpha value is -5.76. The van der Waals surface area contributed by atoms with Gasteiger partial charge in [-0.05, 0) is 70.3 Å². The van der Waals surface area contributed by atoms with Crippen LogP contribution in [0.25, 0.3) is 0 Å². The molecule has 0 aromatic rings. The first-order valence-electron chi connectivity index (χ1n) is 21.5. The SMILES string of the molecule is CC(C)[C@H](NC(=O)[C@H](CCCN=C(N)N)NC(=O)CN)C(=O)N[C@@H](C)C(=O)N[C@@H](CC(N)=O)C(=O)N1CCC[C@H]1C(=O)N[C@@H](CS)C(=O)N[C@H](C(=O)N[C@@H](CCCCN)C(=O)O)C(C)C. The second-order valence-corrected chi connectivity index (χ2v) is 16.7. The van der Waals surface area contributed by atoms with Crippen molar-refractivity contribution < 1.29 is 53.1 Å². The molecule has 368 valence electrons. The number of aliphatic imine (C=N–C) groups is 1. The maximum atomic E-state index is 13.9. The van der Waals surface area contributed by atoms with E-state index in [-0.39, 0.29) is 50.5 Å². The summed E-state index contributed by atoms with van der Waals surface area (Å²) in [6.45, 7) is 7.94. The molecule has 1 saturated heterocycles. The van der Waals surface area contributed by atoms with E-state index in [2.05, 4.69) is 54.8 Å². The van der Waals surface area contributed by atoms with Gasteiger partial charge >= 0.3 is 5.97 Å². The molecular weight excluding hydrogens is 873 g/mol. The number of nitrogens with one attached hydrogen (secondary N) is 7. The number of likely N-dealkylation sites (tertiary alicyclic amines) is 1. The minimum absolute atomic E-state index is 0.0223. The Bertz CT molecular complexity index is 1710. The third kappa shape index (κ3) is 19.9. The van der Waals surface area contributed by atoms with E-state index in [0.29, 0.717) is 25.8 Å². The molecule has 1 fully saturated rings. The van der Waals surface area contributed by atoms with Crippen LogP contribution >= 0.6 is 12.6 Å². The third-order valence-corrected chi connectivity index (χ3v) is 10.6. The Labute approximate surface area is 383 Å². The smallest absolute Gasteiger partial charge is 0.326 e. The molecule has 0 aliphatic carbocycles. The van der Waals surface area contributed by atoms with Crippen molar-refractivity contribution in [1.29, 1.82) is 0 Å². The Balaban J connectivity index is 3.11. The third-order valence-electron chi connectivity index (χ3n) is 10.3. The Morgan fingerprint density at radius 1 is 0.677 bits per heavy atom. The molecule has 1 rings (SSSR count). The highest BCUT2D eigenvalue weighted by Gasteiger charge is 2.40. The van der Waals surface area contributed by atoms with Crippen LogP contribution in [0.5, 0.6) is 0 Å². The molecule has 1 aliphatic rings. The number of primary amides is 1. The van der Waals surface area contributed by atoms with Crippen LogP contribution in [0.1, 0.15) is 86.0 Å². The van der Waals surface area contributed by atoms with Crippen molar-refractivity contribution in [1.82, 2.24) is 42.1 Å². The van der Waals surface area contributed by atoms with Gasteiger partial charge in [0.05, 0.1) is 13.0 Å².